The van der Waals surface area contributed by atoms with Crippen LogP contribution in [0.5, 0.6) is 17.2 Å². The molecule has 7 heteroatoms. The topological polar surface area (TPSA) is 60.8 Å². The zero-order chi connectivity index (χ0) is 18.4. The quantitative estimate of drug-likeness (QED) is 0.534. The van der Waals surface area contributed by atoms with Crippen LogP contribution in [-0.4, -0.2) is 28.3 Å². The molecule has 0 saturated carbocycles. The van der Waals surface area contributed by atoms with E-state index in [4.69, 9.17) is 26.4 Å². The maximum absolute atomic E-state index is 5.50. The minimum Gasteiger partial charge on any atom is -0.497 e. The predicted molar refractivity (Wildman–Crippen MR) is 104 cm³/mol. The lowest BCUT2D eigenvalue weighted by Crippen LogP contribution is -1.93. The number of hydrogen-bond donors (Lipinski definition) is 1. The van der Waals surface area contributed by atoms with Gasteiger partial charge in [0.25, 0.3) is 0 Å². The third-order valence-corrected chi connectivity index (χ3v) is 4.88. The van der Waals surface area contributed by atoms with Crippen molar-refractivity contribution in [2.45, 2.75) is 0 Å². The van der Waals surface area contributed by atoms with Gasteiger partial charge in [-0.3, -0.25) is 4.40 Å². The Balaban J connectivity index is 1.69. The van der Waals surface area contributed by atoms with E-state index in [9.17, 15) is 0 Å². The molecule has 1 aliphatic rings. The monoisotopic (exact) mass is 377 g/mol. The maximum atomic E-state index is 5.50. The van der Waals surface area contributed by atoms with Crippen LogP contribution in [0.1, 0.15) is 0 Å². The van der Waals surface area contributed by atoms with Crippen LogP contribution < -0.4 is 14.2 Å². The van der Waals surface area contributed by atoms with Gasteiger partial charge >= 0.3 is 0 Å². The van der Waals surface area contributed by atoms with E-state index in [1.165, 1.54) is 0 Å². The van der Waals surface area contributed by atoms with E-state index >= 15 is 0 Å². The number of methoxy groups -OCH3 is 1. The number of H-pyrrole nitrogens is 1. The van der Waals surface area contributed by atoms with E-state index in [-0.39, 0.29) is 6.79 Å². The number of imidazole rings is 1. The molecule has 0 radical (unpaired) electrons. The van der Waals surface area contributed by atoms with Crippen molar-refractivity contribution in [1.82, 2.24) is 14.4 Å². The molecule has 4 aromatic rings. The number of nitrogens with one attached hydrogen (secondary N) is 1. The lowest BCUT2D eigenvalue weighted by molar-refractivity contribution is 0.174. The number of aromatic nitrogens is 3. The largest absolute Gasteiger partial charge is 0.497 e. The van der Waals surface area contributed by atoms with Crippen LogP contribution in [0.4, 0.5) is 0 Å². The van der Waals surface area contributed by atoms with E-state index in [1.807, 2.05) is 53.1 Å². The molecule has 6 nitrogen and oxygen atoms in total. The molecule has 0 fully saturated rings. The van der Waals surface area contributed by atoms with Crippen molar-refractivity contribution < 1.29 is 14.2 Å². The van der Waals surface area contributed by atoms with Gasteiger partial charge in [-0.05, 0) is 42.0 Å². The number of fused-ring (bicyclic) bond motifs is 2. The molecule has 0 saturated heterocycles. The highest BCUT2D eigenvalue weighted by atomic mass is 32.1. The summed E-state index contributed by atoms with van der Waals surface area (Å²) in [6, 6.07) is 13.7. The van der Waals surface area contributed by atoms with Gasteiger partial charge < -0.3 is 19.2 Å². The lowest BCUT2D eigenvalue weighted by Gasteiger charge is -2.05. The summed E-state index contributed by atoms with van der Waals surface area (Å²) in [7, 11) is 1.65. The number of aromatic amines is 1. The lowest BCUT2D eigenvalue weighted by atomic mass is 10.1. The molecule has 5 rings (SSSR count). The Labute approximate surface area is 160 Å². The van der Waals surface area contributed by atoms with Crippen LogP contribution in [-0.2, 0) is 0 Å². The summed E-state index contributed by atoms with van der Waals surface area (Å²) in [6.45, 7) is 0.245. The summed E-state index contributed by atoms with van der Waals surface area (Å²) in [5.74, 6) is 2.27. The first kappa shape index (κ1) is 15.9. The van der Waals surface area contributed by atoms with Crippen molar-refractivity contribution in [3.05, 3.63) is 59.6 Å². The second kappa shape index (κ2) is 6.14. The summed E-state index contributed by atoms with van der Waals surface area (Å²) < 4.78 is 18.6. The first-order valence-electron chi connectivity index (χ1n) is 8.38. The van der Waals surface area contributed by atoms with Gasteiger partial charge in [0.05, 0.1) is 12.8 Å². The average Bonchev–Trinajstić information content (AvgIpc) is 3.35. The number of rotatable bonds is 3. The second-order valence-electron chi connectivity index (χ2n) is 6.14. The van der Waals surface area contributed by atoms with E-state index in [0.29, 0.717) is 4.77 Å². The van der Waals surface area contributed by atoms with Gasteiger partial charge in [0, 0.05) is 23.5 Å². The number of nitrogens with zero attached hydrogens (tertiary/aromatic N) is 2. The molecular formula is C20H15N3O3S. The van der Waals surface area contributed by atoms with Crippen LogP contribution in [0.25, 0.3) is 28.0 Å². The van der Waals surface area contributed by atoms with Crippen LogP contribution >= 0.6 is 12.2 Å². The summed E-state index contributed by atoms with van der Waals surface area (Å²) in [5, 5.41) is 0. The van der Waals surface area contributed by atoms with Crippen molar-refractivity contribution in [2.75, 3.05) is 13.9 Å². The van der Waals surface area contributed by atoms with Gasteiger partial charge in [0.1, 0.15) is 11.4 Å². The second-order valence-corrected chi connectivity index (χ2v) is 6.51. The molecule has 3 heterocycles. The minimum atomic E-state index is 0.245. The van der Waals surface area contributed by atoms with Gasteiger partial charge in [-0.15, -0.1) is 0 Å². The van der Waals surface area contributed by atoms with Crippen LogP contribution in [0.2, 0.25) is 0 Å². The van der Waals surface area contributed by atoms with Gasteiger partial charge in [-0.25, -0.2) is 4.98 Å². The minimum absolute atomic E-state index is 0.245. The molecular weight excluding hydrogens is 362 g/mol. The highest BCUT2D eigenvalue weighted by molar-refractivity contribution is 7.71. The zero-order valence-corrected chi connectivity index (χ0v) is 15.2. The molecule has 0 unspecified atom stereocenters. The summed E-state index contributed by atoms with van der Waals surface area (Å²) in [5.41, 5.74) is 4.69. The maximum Gasteiger partial charge on any atom is 0.231 e. The van der Waals surface area contributed by atoms with Crippen molar-refractivity contribution in [3.8, 4) is 39.6 Å². The number of benzene rings is 2. The van der Waals surface area contributed by atoms with Gasteiger partial charge in [-0.1, -0.05) is 18.2 Å². The Hall–Kier alpha value is -3.32. The predicted octanol–water partition coefficient (Wildman–Crippen LogP) is 4.46. The van der Waals surface area contributed by atoms with Crippen LogP contribution in [0.3, 0.4) is 0 Å². The Bertz CT molecular complexity index is 1230. The van der Waals surface area contributed by atoms with Gasteiger partial charge in [-0.2, -0.15) is 0 Å². The molecule has 27 heavy (non-hydrogen) atoms. The molecule has 2 aromatic carbocycles. The summed E-state index contributed by atoms with van der Waals surface area (Å²) in [4.78, 5) is 7.85. The normalized spacial score (nSPS) is 12.5. The Morgan fingerprint density at radius 3 is 2.89 bits per heavy atom. The van der Waals surface area contributed by atoms with Crippen molar-refractivity contribution in [1.29, 1.82) is 0 Å². The van der Waals surface area contributed by atoms with Crippen molar-refractivity contribution in [2.24, 2.45) is 0 Å². The van der Waals surface area contributed by atoms with Gasteiger partial charge in [0.2, 0.25) is 11.6 Å². The highest BCUT2D eigenvalue weighted by Crippen LogP contribution is 2.37. The third kappa shape index (κ3) is 2.63. The highest BCUT2D eigenvalue weighted by Gasteiger charge is 2.16. The molecule has 2 aromatic heterocycles. The van der Waals surface area contributed by atoms with Gasteiger partial charge in [0.15, 0.2) is 11.5 Å². The van der Waals surface area contributed by atoms with E-state index in [0.717, 1.165) is 45.3 Å². The van der Waals surface area contributed by atoms with E-state index in [2.05, 4.69) is 9.97 Å². The summed E-state index contributed by atoms with van der Waals surface area (Å²) >= 11 is 5.42. The standard InChI is InChI=1S/C20H15N3O3S/c1-24-14-4-2-3-13(7-14)16-10-23-19(22-16)15(9-21-20(23)27)12-5-6-17-18(8-12)26-11-25-17/h2-10,22H,11H2,1H3. The third-order valence-electron chi connectivity index (χ3n) is 4.58. The first-order valence-corrected chi connectivity index (χ1v) is 8.78. The first-order chi connectivity index (χ1) is 13.2. The molecule has 134 valence electrons. The fourth-order valence-electron chi connectivity index (χ4n) is 3.22. The number of ether oxygens (including phenoxy) is 3. The molecule has 0 atom stereocenters. The molecule has 0 amide bonds. The zero-order valence-electron chi connectivity index (χ0n) is 14.4. The SMILES string of the molecule is COc1cccc(-c2cn3c(=S)ncc(-c4ccc5c(c4)OCO5)c3[nH]2)c1. The van der Waals surface area contributed by atoms with E-state index in [1.54, 1.807) is 13.3 Å². The molecule has 1 aliphatic heterocycles. The average molecular weight is 377 g/mol. The number of hydrogen-bond acceptors (Lipinski definition) is 5. The fourth-order valence-corrected chi connectivity index (χ4v) is 3.41. The van der Waals surface area contributed by atoms with Crippen molar-refractivity contribution >= 4 is 17.9 Å². The van der Waals surface area contributed by atoms with E-state index < -0.39 is 0 Å². The molecule has 0 bridgehead atoms. The van der Waals surface area contributed by atoms with Crippen LogP contribution in [0, 0.1) is 4.77 Å². The van der Waals surface area contributed by atoms with Crippen LogP contribution in [0.15, 0.2) is 54.9 Å². The van der Waals surface area contributed by atoms with Crippen molar-refractivity contribution in [3.63, 3.8) is 0 Å². The molecule has 0 aliphatic carbocycles. The Morgan fingerprint density at radius 1 is 1.11 bits per heavy atom. The smallest absolute Gasteiger partial charge is 0.231 e. The fraction of sp³-hybridized carbons (Fsp3) is 0.100. The Morgan fingerprint density at radius 2 is 2.00 bits per heavy atom. The molecule has 1 N–H and O–H groups in total. The Kier molecular flexibility index (Phi) is 3.61. The molecule has 0 spiro atoms. The summed E-state index contributed by atoms with van der Waals surface area (Å²) in [6.07, 6.45) is 3.73.